The number of unbranched alkanes of at least 4 members (excludes halogenated alkanes) is 18. The van der Waals surface area contributed by atoms with E-state index in [0.717, 1.165) is 0 Å². The highest BCUT2D eigenvalue weighted by molar-refractivity contribution is 4.96. The first-order valence-electron chi connectivity index (χ1n) is 15.0. The first kappa shape index (κ1) is 29.4. The van der Waals surface area contributed by atoms with Crippen molar-refractivity contribution in [2.24, 2.45) is 0 Å². The van der Waals surface area contributed by atoms with Crippen LogP contribution >= 0.6 is 0 Å². The molecule has 0 bridgehead atoms. The third-order valence-corrected chi connectivity index (χ3v) is 7.32. The molecule has 2 nitrogen and oxygen atoms in total. The molecule has 1 heterocycles. The molecule has 0 aliphatic carbocycles. The average Bonchev–Trinajstić information content (AvgIpc) is 3.18. The van der Waals surface area contributed by atoms with E-state index in [-0.39, 0.29) is 0 Å². The molecule has 0 fully saturated rings. The van der Waals surface area contributed by atoms with Crippen molar-refractivity contribution in [2.45, 2.75) is 168 Å². The van der Waals surface area contributed by atoms with Gasteiger partial charge in [-0.2, -0.15) is 0 Å². The van der Waals surface area contributed by atoms with Crippen LogP contribution in [0.4, 0.5) is 0 Å². The Labute approximate surface area is 203 Å². The molecule has 32 heavy (non-hydrogen) atoms. The first-order chi connectivity index (χ1) is 15.8. The second kappa shape index (κ2) is 22.1. The maximum atomic E-state index is 2.64. The molecule has 0 aromatic heterocycles. The monoisotopic (exact) mass is 448 g/mol. The third kappa shape index (κ3) is 15.2. The maximum Gasteiger partial charge on any atom is 0.101 e. The van der Waals surface area contributed by atoms with E-state index >= 15 is 0 Å². The molecule has 1 aliphatic heterocycles. The lowest BCUT2D eigenvalue weighted by molar-refractivity contribution is 0.136. The van der Waals surface area contributed by atoms with Crippen LogP contribution in [-0.2, 0) is 0 Å². The summed E-state index contributed by atoms with van der Waals surface area (Å²) in [5.74, 6) is 0. The first-order valence-corrected chi connectivity index (χ1v) is 15.0. The van der Waals surface area contributed by atoms with E-state index in [1.54, 1.807) is 0 Å². The van der Waals surface area contributed by atoms with E-state index in [0.29, 0.717) is 6.17 Å². The Balaban J connectivity index is 2.03. The van der Waals surface area contributed by atoms with Crippen LogP contribution in [0.2, 0.25) is 0 Å². The van der Waals surface area contributed by atoms with E-state index in [1.807, 2.05) is 0 Å². The number of nitrogens with zero attached hydrogens (tertiary/aromatic N) is 2. The lowest BCUT2D eigenvalue weighted by atomic mass is 10.0. The van der Waals surface area contributed by atoms with E-state index in [4.69, 9.17) is 0 Å². The van der Waals surface area contributed by atoms with E-state index in [2.05, 4.69) is 43.0 Å². The molecule has 2 heteroatoms. The minimum atomic E-state index is 0.644. The zero-order valence-corrected chi connectivity index (χ0v) is 22.6. The zero-order chi connectivity index (χ0) is 23.1. The molecule has 0 aromatic rings. The van der Waals surface area contributed by atoms with Crippen LogP contribution in [0.1, 0.15) is 162 Å². The summed E-state index contributed by atoms with van der Waals surface area (Å²) in [6.07, 6.45) is 36.6. The summed E-state index contributed by atoms with van der Waals surface area (Å²) in [5.41, 5.74) is 0. The van der Waals surface area contributed by atoms with Gasteiger partial charge in [0.2, 0.25) is 0 Å². The number of rotatable bonds is 24. The molecule has 0 atom stereocenters. The van der Waals surface area contributed by atoms with Gasteiger partial charge < -0.3 is 9.80 Å². The van der Waals surface area contributed by atoms with Crippen LogP contribution < -0.4 is 0 Å². The molecule has 0 unspecified atom stereocenters. The van der Waals surface area contributed by atoms with Gasteiger partial charge in [0.15, 0.2) is 0 Å². The fraction of sp³-hybridized carbons (Fsp3) is 0.933. The van der Waals surface area contributed by atoms with Gasteiger partial charge in [-0.15, -0.1) is 0 Å². The number of hydrogen-bond donors (Lipinski definition) is 0. The molecule has 0 spiro atoms. The zero-order valence-electron chi connectivity index (χ0n) is 22.6. The van der Waals surface area contributed by atoms with Gasteiger partial charge >= 0.3 is 0 Å². The topological polar surface area (TPSA) is 6.48 Å². The molecule has 0 radical (unpaired) electrons. The lowest BCUT2D eigenvalue weighted by Gasteiger charge is -2.33. The van der Waals surface area contributed by atoms with Gasteiger partial charge in [-0.25, -0.2) is 0 Å². The Kier molecular flexibility index (Phi) is 20.3. The van der Waals surface area contributed by atoms with E-state index in [9.17, 15) is 0 Å². The Hall–Kier alpha value is -0.660. The third-order valence-electron chi connectivity index (χ3n) is 7.32. The quantitative estimate of drug-likeness (QED) is 0.135. The fourth-order valence-electron chi connectivity index (χ4n) is 5.13. The van der Waals surface area contributed by atoms with Crippen LogP contribution in [-0.4, -0.2) is 29.1 Å². The van der Waals surface area contributed by atoms with Gasteiger partial charge in [-0.3, -0.25) is 0 Å². The van der Waals surface area contributed by atoms with Crippen molar-refractivity contribution in [3.63, 3.8) is 0 Å². The van der Waals surface area contributed by atoms with Crippen molar-refractivity contribution in [1.29, 1.82) is 0 Å². The maximum absolute atomic E-state index is 2.64. The van der Waals surface area contributed by atoms with Crippen LogP contribution in [0.15, 0.2) is 12.4 Å². The SMILES string of the molecule is CCCCCCCCCCCCCCCCCC1N(CCCCC)C=CN1CCCCC. The minimum Gasteiger partial charge on any atom is -0.356 e. The summed E-state index contributed by atoms with van der Waals surface area (Å²) in [7, 11) is 0. The van der Waals surface area contributed by atoms with Gasteiger partial charge in [-0.05, 0) is 25.7 Å². The van der Waals surface area contributed by atoms with Crippen molar-refractivity contribution in [3.05, 3.63) is 12.4 Å². The highest BCUT2D eigenvalue weighted by atomic mass is 15.4. The second-order valence-corrected chi connectivity index (χ2v) is 10.4. The molecule has 0 amide bonds. The Morgan fingerprint density at radius 2 is 0.719 bits per heavy atom. The van der Waals surface area contributed by atoms with Crippen LogP contribution in [0, 0.1) is 0 Å². The standard InChI is InChI=1S/C30H60N2/c1-4-7-10-11-12-13-14-15-16-17-18-19-20-21-22-25-30-31(26-23-8-5-2)28-29-32(30)27-24-9-6-3/h28-30H,4-27H2,1-3H3. The minimum absolute atomic E-state index is 0.644. The highest BCUT2D eigenvalue weighted by Crippen LogP contribution is 2.23. The summed E-state index contributed by atoms with van der Waals surface area (Å²) in [6, 6.07) is 0. The molecule has 1 aliphatic rings. The van der Waals surface area contributed by atoms with Crippen molar-refractivity contribution >= 4 is 0 Å². The fourth-order valence-corrected chi connectivity index (χ4v) is 5.13. The van der Waals surface area contributed by atoms with E-state index in [1.165, 1.54) is 154 Å². The van der Waals surface area contributed by atoms with Gasteiger partial charge in [-0.1, -0.05) is 136 Å². The van der Waals surface area contributed by atoms with Crippen molar-refractivity contribution in [3.8, 4) is 0 Å². The molecule has 0 saturated heterocycles. The van der Waals surface area contributed by atoms with Crippen LogP contribution in [0.3, 0.4) is 0 Å². The Bertz CT molecular complexity index is 386. The molecular weight excluding hydrogens is 388 g/mol. The van der Waals surface area contributed by atoms with Crippen molar-refractivity contribution in [2.75, 3.05) is 13.1 Å². The summed E-state index contributed by atoms with van der Waals surface area (Å²) < 4.78 is 0. The van der Waals surface area contributed by atoms with Gasteiger partial charge in [0.25, 0.3) is 0 Å². The average molecular weight is 449 g/mol. The Morgan fingerprint density at radius 1 is 0.406 bits per heavy atom. The molecular formula is C30H60N2. The van der Waals surface area contributed by atoms with E-state index < -0.39 is 0 Å². The predicted octanol–water partition coefficient (Wildman–Crippen LogP) is 10.0. The normalized spacial score (nSPS) is 14.2. The highest BCUT2D eigenvalue weighted by Gasteiger charge is 2.24. The molecule has 190 valence electrons. The van der Waals surface area contributed by atoms with Crippen molar-refractivity contribution in [1.82, 2.24) is 9.80 Å². The number of hydrogen-bond acceptors (Lipinski definition) is 2. The van der Waals surface area contributed by atoms with Crippen LogP contribution in [0.25, 0.3) is 0 Å². The molecule has 0 N–H and O–H groups in total. The summed E-state index contributed by atoms with van der Waals surface area (Å²) in [4.78, 5) is 5.29. The van der Waals surface area contributed by atoms with Crippen LogP contribution in [0.5, 0.6) is 0 Å². The summed E-state index contributed by atoms with van der Waals surface area (Å²) in [6.45, 7) is 9.42. The molecule has 1 rings (SSSR count). The Morgan fingerprint density at radius 3 is 1.09 bits per heavy atom. The molecule has 0 saturated carbocycles. The largest absolute Gasteiger partial charge is 0.356 e. The van der Waals surface area contributed by atoms with Gasteiger partial charge in [0, 0.05) is 25.5 Å². The molecule has 0 aromatic carbocycles. The van der Waals surface area contributed by atoms with Gasteiger partial charge in [0.05, 0.1) is 0 Å². The summed E-state index contributed by atoms with van der Waals surface area (Å²) >= 11 is 0. The van der Waals surface area contributed by atoms with Gasteiger partial charge in [0.1, 0.15) is 6.17 Å². The summed E-state index contributed by atoms with van der Waals surface area (Å²) in [5, 5.41) is 0. The van der Waals surface area contributed by atoms with Crippen molar-refractivity contribution < 1.29 is 0 Å². The lowest BCUT2D eigenvalue weighted by Crippen LogP contribution is -2.39. The smallest absolute Gasteiger partial charge is 0.101 e. The predicted molar refractivity (Wildman–Crippen MR) is 145 cm³/mol. The second-order valence-electron chi connectivity index (χ2n) is 10.4.